The van der Waals surface area contributed by atoms with E-state index in [1.807, 2.05) is 13.0 Å². The number of allylic oxidation sites excluding steroid dienone is 1. The van der Waals surface area contributed by atoms with Crippen LogP contribution in [0.1, 0.15) is 40.0 Å². The van der Waals surface area contributed by atoms with Crippen LogP contribution in [0.15, 0.2) is 23.5 Å². The van der Waals surface area contributed by atoms with Gasteiger partial charge < -0.3 is 14.6 Å². The van der Waals surface area contributed by atoms with Gasteiger partial charge >= 0.3 is 11.9 Å². The van der Waals surface area contributed by atoms with E-state index in [-0.39, 0.29) is 11.3 Å². The second-order valence-corrected chi connectivity index (χ2v) is 6.06. The lowest BCUT2D eigenvalue weighted by molar-refractivity contribution is -0.147. The molecule has 0 aromatic heterocycles. The molecule has 2 aliphatic rings. The zero-order valence-electron chi connectivity index (χ0n) is 12.9. The van der Waals surface area contributed by atoms with E-state index in [0.29, 0.717) is 5.92 Å². The van der Waals surface area contributed by atoms with E-state index < -0.39 is 35.8 Å². The van der Waals surface area contributed by atoms with Crippen LogP contribution in [0.2, 0.25) is 0 Å². The molecule has 0 bridgehead atoms. The molecular weight excluding hydrogens is 288 g/mol. The summed E-state index contributed by atoms with van der Waals surface area (Å²) in [5.41, 5.74) is -0.751. The van der Waals surface area contributed by atoms with Crippen molar-refractivity contribution in [3.63, 3.8) is 0 Å². The topological polar surface area (TPSA) is 89.9 Å². The SMILES string of the molecule is CCC(C)CC1(C)C=C/C(=C2\C(=O)OC(CC(=O)O)C2=O)O1. The fraction of sp³-hybridized carbons (Fsp3) is 0.562. The number of ketones is 1. The summed E-state index contributed by atoms with van der Waals surface area (Å²) >= 11 is 0. The Kier molecular flexibility index (Phi) is 4.39. The smallest absolute Gasteiger partial charge is 0.346 e. The first-order chi connectivity index (χ1) is 10.3. The molecule has 0 radical (unpaired) electrons. The highest BCUT2D eigenvalue weighted by Gasteiger charge is 2.44. The molecule has 0 aromatic carbocycles. The van der Waals surface area contributed by atoms with Crippen LogP contribution >= 0.6 is 0 Å². The number of esters is 1. The largest absolute Gasteiger partial charge is 0.482 e. The van der Waals surface area contributed by atoms with Crippen molar-refractivity contribution in [1.29, 1.82) is 0 Å². The van der Waals surface area contributed by atoms with Crippen LogP contribution in [-0.4, -0.2) is 34.5 Å². The van der Waals surface area contributed by atoms with E-state index in [1.165, 1.54) is 0 Å². The number of aliphatic carboxylic acids is 1. The Balaban J connectivity index is 2.19. The van der Waals surface area contributed by atoms with Crippen molar-refractivity contribution in [3.05, 3.63) is 23.5 Å². The highest BCUT2D eigenvalue weighted by Crippen LogP contribution is 2.35. The van der Waals surface area contributed by atoms with Gasteiger partial charge in [-0.2, -0.15) is 0 Å². The Hall–Kier alpha value is -2.11. The molecule has 1 saturated heterocycles. The lowest BCUT2D eigenvalue weighted by atomic mass is 9.92. The van der Waals surface area contributed by atoms with Crippen LogP contribution in [0.3, 0.4) is 0 Å². The van der Waals surface area contributed by atoms with Gasteiger partial charge in [-0.3, -0.25) is 9.59 Å². The van der Waals surface area contributed by atoms with E-state index in [0.717, 1.165) is 12.8 Å². The normalized spacial score (nSPS) is 32.0. The summed E-state index contributed by atoms with van der Waals surface area (Å²) in [6.45, 7) is 6.08. The molecule has 120 valence electrons. The van der Waals surface area contributed by atoms with Crippen LogP contribution in [-0.2, 0) is 23.9 Å². The van der Waals surface area contributed by atoms with Gasteiger partial charge in [-0.25, -0.2) is 4.79 Å². The van der Waals surface area contributed by atoms with Crippen molar-refractivity contribution in [2.75, 3.05) is 0 Å². The molecule has 2 rings (SSSR count). The van der Waals surface area contributed by atoms with Gasteiger partial charge in [0.25, 0.3) is 0 Å². The minimum absolute atomic E-state index is 0.175. The minimum Gasteiger partial charge on any atom is -0.482 e. The van der Waals surface area contributed by atoms with Crippen molar-refractivity contribution in [2.45, 2.75) is 51.7 Å². The summed E-state index contributed by atoms with van der Waals surface area (Å²) in [7, 11) is 0. The fourth-order valence-corrected chi connectivity index (χ4v) is 2.67. The molecule has 2 heterocycles. The van der Waals surface area contributed by atoms with Gasteiger partial charge in [0.05, 0.1) is 6.42 Å². The third kappa shape index (κ3) is 3.21. The van der Waals surface area contributed by atoms with Gasteiger partial charge in [-0.1, -0.05) is 20.3 Å². The zero-order valence-corrected chi connectivity index (χ0v) is 12.9. The molecular formula is C16H20O6. The first-order valence-corrected chi connectivity index (χ1v) is 7.35. The number of hydrogen-bond acceptors (Lipinski definition) is 5. The number of carbonyl (C=O) groups is 3. The molecule has 6 nitrogen and oxygen atoms in total. The van der Waals surface area contributed by atoms with Gasteiger partial charge in [0.1, 0.15) is 16.9 Å². The monoisotopic (exact) mass is 308 g/mol. The molecule has 0 aliphatic carbocycles. The Labute approximate surface area is 128 Å². The number of carboxylic acids is 1. The molecule has 0 spiro atoms. The molecule has 3 atom stereocenters. The predicted octanol–water partition coefficient (Wildman–Crippen LogP) is 1.99. The highest BCUT2D eigenvalue weighted by atomic mass is 16.6. The summed E-state index contributed by atoms with van der Waals surface area (Å²) in [5.74, 6) is -2.02. The zero-order chi connectivity index (χ0) is 16.5. The summed E-state index contributed by atoms with van der Waals surface area (Å²) < 4.78 is 10.6. The first kappa shape index (κ1) is 16.3. The van der Waals surface area contributed by atoms with Crippen LogP contribution < -0.4 is 0 Å². The Bertz CT molecular complexity index is 573. The molecule has 1 N–H and O–H groups in total. The second kappa shape index (κ2) is 5.94. The van der Waals surface area contributed by atoms with Crippen molar-refractivity contribution in [1.82, 2.24) is 0 Å². The molecule has 0 amide bonds. The Morgan fingerprint density at radius 1 is 1.45 bits per heavy atom. The summed E-state index contributed by atoms with van der Waals surface area (Å²) in [6.07, 6.45) is 3.40. The molecule has 22 heavy (non-hydrogen) atoms. The number of ether oxygens (including phenoxy) is 2. The van der Waals surface area contributed by atoms with E-state index in [2.05, 4.69) is 13.8 Å². The Morgan fingerprint density at radius 2 is 2.14 bits per heavy atom. The van der Waals surface area contributed by atoms with Crippen molar-refractivity contribution < 1.29 is 29.0 Å². The number of rotatable bonds is 5. The standard InChI is InChI=1S/C16H20O6/c1-4-9(2)8-16(3)6-5-10(22-16)13-14(19)11(7-12(17)18)21-15(13)20/h5-6,9,11H,4,7-8H2,1-3H3,(H,17,18)/b13-10+. The van der Waals surface area contributed by atoms with E-state index in [1.54, 1.807) is 6.08 Å². The molecule has 3 unspecified atom stereocenters. The maximum Gasteiger partial charge on any atom is 0.346 e. The lowest BCUT2D eigenvalue weighted by Gasteiger charge is -2.26. The Morgan fingerprint density at radius 3 is 2.73 bits per heavy atom. The predicted molar refractivity (Wildman–Crippen MR) is 76.9 cm³/mol. The highest BCUT2D eigenvalue weighted by molar-refractivity contribution is 6.24. The number of carbonyl (C=O) groups excluding carboxylic acids is 2. The minimum atomic E-state index is -1.26. The van der Waals surface area contributed by atoms with Gasteiger partial charge in [-0.05, 0) is 31.4 Å². The maximum atomic E-state index is 12.1. The number of cyclic esters (lactones) is 1. The number of hydrogen-bond donors (Lipinski definition) is 1. The third-order valence-corrected chi connectivity index (χ3v) is 3.98. The van der Waals surface area contributed by atoms with Gasteiger partial charge in [0, 0.05) is 0 Å². The maximum absolute atomic E-state index is 12.1. The van der Waals surface area contributed by atoms with E-state index in [9.17, 15) is 14.4 Å². The lowest BCUT2D eigenvalue weighted by Crippen LogP contribution is -2.25. The van der Waals surface area contributed by atoms with E-state index in [4.69, 9.17) is 14.6 Å². The van der Waals surface area contributed by atoms with Gasteiger partial charge in [-0.15, -0.1) is 0 Å². The van der Waals surface area contributed by atoms with Gasteiger partial charge in [0.2, 0.25) is 5.78 Å². The summed E-state index contributed by atoms with van der Waals surface area (Å²) in [6, 6.07) is 0. The quantitative estimate of drug-likeness (QED) is 0.474. The van der Waals surface area contributed by atoms with Crippen LogP contribution in [0, 0.1) is 5.92 Å². The molecule has 1 fully saturated rings. The number of carboxylic acid groups (broad SMARTS) is 1. The van der Waals surface area contributed by atoms with Crippen molar-refractivity contribution in [2.24, 2.45) is 5.92 Å². The third-order valence-electron chi connectivity index (χ3n) is 3.98. The summed E-state index contributed by atoms with van der Waals surface area (Å²) in [4.78, 5) is 34.7. The van der Waals surface area contributed by atoms with E-state index >= 15 is 0 Å². The van der Waals surface area contributed by atoms with Crippen LogP contribution in [0.5, 0.6) is 0 Å². The van der Waals surface area contributed by atoms with Gasteiger partial charge in [0.15, 0.2) is 6.10 Å². The number of Topliss-reactive ketones (excluding diaryl/α,β-unsaturated/α-hetero) is 1. The molecule has 6 heteroatoms. The fourth-order valence-electron chi connectivity index (χ4n) is 2.67. The first-order valence-electron chi connectivity index (χ1n) is 7.35. The molecule has 0 aromatic rings. The molecule has 0 saturated carbocycles. The second-order valence-electron chi connectivity index (χ2n) is 6.06. The van der Waals surface area contributed by atoms with Crippen molar-refractivity contribution in [3.8, 4) is 0 Å². The average molecular weight is 308 g/mol. The molecule has 2 aliphatic heterocycles. The van der Waals surface area contributed by atoms with Crippen LogP contribution in [0.4, 0.5) is 0 Å². The average Bonchev–Trinajstić information content (AvgIpc) is 2.90. The van der Waals surface area contributed by atoms with Crippen LogP contribution in [0.25, 0.3) is 0 Å². The van der Waals surface area contributed by atoms with Crippen molar-refractivity contribution >= 4 is 17.7 Å². The summed E-state index contributed by atoms with van der Waals surface area (Å²) in [5, 5.41) is 8.73.